The van der Waals surface area contributed by atoms with E-state index < -0.39 is 0 Å². The van der Waals surface area contributed by atoms with Crippen molar-refractivity contribution in [2.24, 2.45) is 5.92 Å². The predicted octanol–water partition coefficient (Wildman–Crippen LogP) is 3.81. The molecular formula is C14H16ClIN2O. The monoisotopic (exact) mass is 390 g/mol. The quantitative estimate of drug-likeness (QED) is 0.589. The summed E-state index contributed by atoms with van der Waals surface area (Å²) in [6.45, 7) is 2.76. The number of aromatic nitrogens is 2. The molecule has 0 bridgehead atoms. The first-order chi connectivity index (χ1) is 9.28. The maximum Gasteiger partial charge on any atom is 0.124 e. The standard InChI is InChI=1S/C14H16ClIN2O/c15-8-14-17-12-7-11(16)1-2-13(12)18(14)9-10-3-5-19-6-4-10/h1-2,7,10H,3-6,8-9H2. The van der Waals surface area contributed by atoms with Crippen LogP contribution in [-0.2, 0) is 17.2 Å². The van der Waals surface area contributed by atoms with Gasteiger partial charge in [0.05, 0.1) is 16.9 Å². The highest BCUT2D eigenvalue weighted by atomic mass is 127. The van der Waals surface area contributed by atoms with Crippen LogP contribution in [0.1, 0.15) is 18.7 Å². The molecule has 0 amide bonds. The molecule has 1 aromatic heterocycles. The summed E-state index contributed by atoms with van der Waals surface area (Å²) in [5, 5.41) is 0. The second-order valence-corrected chi connectivity index (χ2v) is 6.47. The van der Waals surface area contributed by atoms with Crippen LogP contribution >= 0.6 is 34.2 Å². The van der Waals surface area contributed by atoms with Crippen molar-refractivity contribution in [3.63, 3.8) is 0 Å². The van der Waals surface area contributed by atoms with Crippen molar-refractivity contribution in [1.29, 1.82) is 0 Å². The predicted molar refractivity (Wildman–Crippen MR) is 85.6 cm³/mol. The average Bonchev–Trinajstić information content (AvgIpc) is 2.77. The maximum absolute atomic E-state index is 6.05. The van der Waals surface area contributed by atoms with Crippen LogP contribution < -0.4 is 0 Å². The van der Waals surface area contributed by atoms with Gasteiger partial charge in [0.25, 0.3) is 0 Å². The summed E-state index contributed by atoms with van der Waals surface area (Å²) in [7, 11) is 0. The molecule has 2 heterocycles. The molecule has 1 saturated heterocycles. The SMILES string of the molecule is ClCc1nc2cc(I)ccc2n1CC1CCOCC1. The van der Waals surface area contributed by atoms with E-state index in [-0.39, 0.29) is 0 Å². The van der Waals surface area contributed by atoms with Gasteiger partial charge < -0.3 is 9.30 Å². The summed E-state index contributed by atoms with van der Waals surface area (Å²) in [6.07, 6.45) is 2.26. The summed E-state index contributed by atoms with van der Waals surface area (Å²) in [5.41, 5.74) is 2.25. The van der Waals surface area contributed by atoms with Crippen molar-refractivity contribution in [3.05, 3.63) is 27.6 Å². The molecule has 3 rings (SSSR count). The van der Waals surface area contributed by atoms with Gasteiger partial charge in [-0.3, -0.25) is 0 Å². The average molecular weight is 391 g/mol. The fraction of sp³-hybridized carbons (Fsp3) is 0.500. The molecule has 0 radical (unpaired) electrons. The fourth-order valence-electron chi connectivity index (χ4n) is 2.65. The topological polar surface area (TPSA) is 27.1 Å². The Morgan fingerprint density at radius 1 is 1.37 bits per heavy atom. The number of benzene rings is 1. The van der Waals surface area contributed by atoms with E-state index in [1.807, 2.05) is 0 Å². The Labute approximate surface area is 131 Å². The first-order valence-electron chi connectivity index (χ1n) is 6.56. The summed E-state index contributed by atoms with van der Waals surface area (Å²) in [4.78, 5) is 4.65. The molecule has 5 heteroatoms. The van der Waals surface area contributed by atoms with Gasteiger partial charge in [-0.2, -0.15) is 0 Å². The number of fused-ring (bicyclic) bond motifs is 1. The van der Waals surface area contributed by atoms with Gasteiger partial charge in [0.1, 0.15) is 5.82 Å². The zero-order valence-electron chi connectivity index (χ0n) is 10.6. The largest absolute Gasteiger partial charge is 0.381 e. The Balaban J connectivity index is 1.95. The smallest absolute Gasteiger partial charge is 0.124 e. The minimum Gasteiger partial charge on any atom is -0.381 e. The van der Waals surface area contributed by atoms with Gasteiger partial charge in [-0.25, -0.2) is 4.98 Å². The number of ether oxygens (including phenoxy) is 1. The lowest BCUT2D eigenvalue weighted by atomic mass is 10.0. The van der Waals surface area contributed by atoms with Gasteiger partial charge in [-0.05, 0) is 59.5 Å². The van der Waals surface area contributed by atoms with Crippen LogP contribution in [0.5, 0.6) is 0 Å². The molecule has 0 saturated carbocycles. The van der Waals surface area contributed by atoms with Crippen LogP contribution in [0.2, 0.25) is 0 Å². The summed E-state index contributed by atoms with van der Waals surface area (Å²) in [5.74, 6) is 2.12. The van der Waals surface area contributed by atoms with Crippen molar-refractivity contribution in [2.75, 3.05) is 13.2 Å². The van der Waals surface area contributed by atoms with Crippen molar-refractivity contribution in [3.8, 4) is 0 Å². The van der Waals surface area contributed by atoms with E-state index in [9.17, 15) is 0 Å². The maximum atomic E-state index is 6.05. The van der Waals surface area contributed by atoms with E-state index in [0.717, 1.165) is 43.9 Å². The Morgan fingerprint density at radius 3 is 2.89 bits per heavy atom. The van der Waals surface area contributed by atoms with Crippen molar-refractivity contribution in [2.45, 2.75) is 25.3 Å². The van der Waals surface area contributed by atoms with Crippen LogP contribution in [-0.4, -0.2) is 22.8 Å². The van der Waals surface area contributed by atoms with Gasteiger partial charge >= 0.3 is 0 Å². The highest BCUT2D eigenvalue weighted by Gasteiger charge is 2.18. The van der Waals surface area contributed by atoms with Crippen LogP contribution in [0.25, 0.3) is 11.0 Å². The van der Waals surface area contributed by atoms with E-state index in [4.69, 9.17) is 16.3 Å². The van der Waals surface area contributed by atoms with E-state index in [1.165, 1.54) is 9.09 Å². The fourth-order valence-corrected chi connectivity index (χ4v) is 3.32. The molecule has 1 aromatic carbocycles. The normalized spacial score (nSPS) is 17.2. The molecule has 0 N–H and O–H groups in total. The number of halogens is 2. The minimum absolute atomic E-state index is 0.467. The third kappa shape index (κ3) is 2.90. The van der Waals surface area contributed by atoms with Crippen molar-refractivity contribution < 1.29 is 4.74 Å². The molecule has 0 aliphatic carbocycles. The Bertz CT molecular complexity index is 578. The van der Waals surface area contributed by atoms with E-state index >= 15 is 0 Å². The van der Waals surface area contributed by atoms with Crippen LogP contribution in [0.3, 0.4) is 0 Å². The Kier molecular flexibility index (Phi) is 4.29. The van der Waals surface area contributed by atoms with Gasteiger partial charge in [0, 0.05) is 23.3 Å². The molecule has 102 valence electrons. The third-order valence-electron chi connectivity index (χ3n) is 3.69. The number of hydrogen-bond donors (Lipinski definition) is 0. The lowest BCUT2D eigenvalue weighted by molar-refractivity contribution is 0.0614. The van der Waals surface area contributed by atoms with Crippen molar-refractivity contribution in [1.82, 2.24) is 9.55 Å². The number of hydrogen-bond acceptors (Lipinski definition) is 2. The minimum atomic E-state index is 0.467. The highest BCUT2D eigenvalue weighted by molar-refractivity contribution is 14.1. The number of alkyl halides is 1. The molecule has 0 spiro atoms. The van der Waals surface area contributed by atoms with E-state index in [2.05, 4.69) is 50.3 Å². The molecule has 0 atom stereocenters. The number of rotatable bonds is 3. The first-order valence-corrected chi connectivity index (χ1v) is 8.17. The second kappa shape index (κ2) is 5.97. The van der Waals surface area contributed by atoms with Crippen LogP contribution in [0, 0.1) is 9.49 Å². The molecule has 0 unspecified atom stereocenters. The lowest BCUT2D eigenvalue weighted by Crippen LogP contribution is -2.21. The molecule has 2 aromatic rings. The Hall–Kier alpha value is -0.330. The van der Waals surface area contributed by atoms with Crippen LogP contribution in [0.4, 0.5) is 0 Å². The van der Waals surface area contributed by atoms with E-state index in [0.29, 0.717) is 11.8 Å². The second-order valence-electron chi connectivity index (χ2n) is 4.96. The van der Waals surface area contributed by atoms with Gasteiger partial charge in [0.2, 0.25) is 0 Å². The number of imidazole rings is 1. The van der Waals surface area contributed by atoms with E-state index in [1.54, 1.807) is 0 Å². The molecule has 1 aliphatic heterocycles. The van der Waals surface area contributed by atoms with Crippen LogP contribution in [0.15, 0.2) is 18.2 Å². The summed E-state index contributed by atoms with van der Waals surface area (Å²) >= 11 is 8.37. The third-order valence-corrected chi connectivity index (χ3v) is 4.60. The Morgan fingerprint density at radius 2 is 2.16 bits per heavy atom. The van der Waals surface area contributed by atoms with Gasteiger partial charge in [-0.15, -0.1) is 11.6 Å². The van der Waals surface area contributed by atoms with Crippen molar-refractivity contribution >= 4 is 45.2 Å². The summed E-state index contributed by atoms with van der Waals surface area (Å²) in [6, 6.07) is 6.40. The molecule has 19 heavy (non-hydrogen) atoms. The van der Waals surface area contributed by atoms with Gasteiger partial charge in [0.15, 0.2) is 0 Å². The number of nitrogens with zero attached hydrogens (tertiary/aromatic N) is 2. The molecule has 1 aliphatic rings. The molecule has 3 nitrogen and oxygen atoms in total. The lowest BCUT2D eigenvalue weighted by Gasteiger charge is -2.23. The zero-order valence-corrected chi connectivity index (χ0v) is 13.5. The zero-order chi connectivity index (χ0) is 13.2. The summed E-state index contributed by atoms with van der Waals surface area (Å²) < 4.78 is 8.92. The molecular weight excluding hydrogens is 375 g/mol. The van der Waals surface area contributed by atoms with Gasteiger partial charge in [-0.1, -0.05) is 0 Å². The highest BCUT2D eigenvalue weighted by Crippen LogP contribution is 2.24. The first kappa shape index (κ1) is 13.6. The molecule has 1 fully saturated rings.